The zero-order chi connectivity index (χ0) is 15.0. The first kappa shape index (κ1) is 14.0. The molecular weight excluding hydrogens is 312 g/mol. The third-order valence-electron chi connectivity index (χ3n) is 2.99. The van der Waals surface area contributed by atoms with Crippen molar-refractivity contribution in [2.75, 3.05) is 5.32 Å². The van der Waals surface area contributed by atoms with Gasteiger partial charge in [0.2, 0.25) is 5.13 Å². The second-order valence-electron chi connectivity index (χ2n) is 4.64. The Morgan fingerprint density at radius 1 is 1.48 bits per heavy atom. The van der Waals surface area contributed by atoms with Gasteiger partial charge in [0.25, 0.3) is 5.91 Å². The molecule has 2 unspecified atom stereocenters. The lowest BCUT2D eigenvalue weighted by molar-refractivity contribution is 0.102. The molecular formula is C12H12N4O3S2. The van der Waals surface area contributed by atoms with E-state index in [9.17, 15) is 9.59 Å². The molecule has 2 atom stereocenters. The van der Waals surface area contributed by atoms with E-state index in [0.29, 0.717) is 10.7 Å². The van der Waals surface area contributed by atoms with Crippen LogP contribution in [0.4, 0.5) is 9.93 Å². The summed E-state index contributed by atoms with van der Waals surface area (Å²) >= 11 is 2.79. The van der Waals surface area contributed by atoms with Crippen LogP contribution in [0.2, 0.25) is 0 Å². The highest BCUT2D eigenvalue weighted by Crippen LogP contribution is 2.45. The highest BCUT2D eigenvalue weighted by molar-refractivity contribution is 7.15. The summed E-state index contributed by atoms with van der Waals surface area (Å²) in [5.41, 5.74) is 5.54. The Hall–Kier alpha value is -2.00. The molecule has 7 nitrogen and oxygen atoms in total. The number of nitrogens with two attached hydrogens (primary N) is 1. The Morgan fingerprint density at radius 3 is 2.95 bits per heavy atom. The van der Waals surface area contributed by atoms with E-state index in [-0.39, 0.29) is 17.9 Å². The average molecular weight is 324 g/mol. The summed E-state index contributed by atoms with van der Waals surface area (Å²) in [6.45, 7) is 1.82. The Bertz CT molecular complexity index is 696. The summed E-state index contributed by atoms with van der Waals surface area (Å²) in [4.78, 5) is 23.8. The highest BCUT2D eigenvalue weighted by atomic mass is 32.1. The number of nitrogens with zero attached hydrogens (tertiary/aromatic N) is 2. The van der Waals surface area contributed by atoms with Crippen LogP contribution in [0.1, 0.15) is 32.6 Å². The van der Waals surface area contributed by atoms with Gasteiger partial charge in [-0.25, -0.2) is 4.79 Å². The monoisotopic (exact) mass is 324 g/mol. The lowest BCUT2D eigenvalue weighted by Gasteiger charge is -1.98. The van der Waals surface area contributed by atoms with Gasteiger partial charge >= 0.3 is 6.09 Å². The van der Waals surface area contributed by atoms with Crippen LogP contribution in [-0.2, 0) is 4.74 Å². The molecule has 0 aromatic carbocycles. The van der Waals surface area contributed by atoms with Crippen molar-refractivity contribution in [3.05, 3.63) is 26.9 Å². The summed E-state index contributed by atoms with van der Waals surface area (Å²) in [6.07, 6.45) is -0.174. The van der Waals surface area contributed by atoms with Gasteiger partial charge in [-0.2, -0.15) is 0 Å². The predicted molar refractivity (Wildman–Crippen MR) is 78.7 cm³/mol. The lowest BCUT2D eigenvalue weighted by atomic mass is 10.2. The summed E-state index contributed by atoms with van der Waals surface area (Å²) in [5.74, 6) is -0.0745. The number of amides is 2. The number of nitrogens with one attached hydrogen (secondary N) is 1. The number of carbonyl (C=O) groups excluding carboxylic acids is 2. The molecule has 3 N–H and O–H groups in total. The third kappa shape index (κ3) is 3.19. The predicted octanol–water partition coefficient (Wildman–Crippen LogP) is 2.11. The van der Waals surface area contributed by atoms with Crippen LogP contribution < -0.4 is 11.1 Å². The highest BCUT2D eigenvalue weighted by Gasteiger charge is 2.42. The molecule has 2 amide bonds. The lowest BCUT2D eigenvalue weighted by Crippen LogP contribution is -2.14. The standard InChI is InChI=1S/C12H12N4O3S2/c1-5-15-16-12(21-5)14-10(17)6-2-9(20-4-6)7-3-8(7)19-11(13)18/h2,4,7-8H,3H2,1H3,(H2,13,18)(H,14,16,17). The SMILES string of the molecule is Cc1nnc(NC(=O)c2csc(C3CC3OC(N)=O)c2)s1. The molecule has 0 spiro atoms. The van der Waals surface area contributed by atoms with Gasteiger partial charge in [-0.15, -0.1) is 21.5 Å². The second-order valence-corrected chi connectivity index (χ2v) is 6.76. The van der Waals surface area contributed by atoms with Gasteiger partial charge in [0.1, 0.15) is 11.1 Å². The summed E-state index contributed by atoms with van der Waals surface area (Å²) in [7, 11) is 0. The Morgan fingerprint density at radius 2 is 2.29 bits per heavy atom. The summed E-state index contributed by atoms with van der Waals surface area (Å²) < 4.78 is 4.92. The molecule has 2 aromatic heterocycles. The molecule has 110 valence electrons. The van der Waals surface area contributed by atoms with Crippen LogP contribution in [0.15, 0.2) is 11.4 Å². The van der Waals surface area contributed by atoms with Gasteiger partial charge in [-0.1, -0.05) is 11.3 Å². The zero-order valence-electron chi connectivity index (χ0n) is 11.0. The summed E-state index contributed by atoms with van der Waals surface area (Å²) in [5, 5.41) is 13.4. The minimum absolute atomic E-state index is 0.146. The number of ether oxygens (including phenoxy) is 1. The fraction of sp³-hybridized carbons (Fsp3) is 0.333. The van der Waals surface area contributed by atoms with E-state index in [2.05, 4.69) is 15.5 Å². The number of thiophene rings is 1. The molecule has 1 aliphatic rings. The van der Waals surface area contributed by atoms with Gasteiger partial charge in [-0.05, 0) is 19.4 Å². The van der Waals surface area contributed by atoms with Gasteiger partial charge in [0, 0.05) is 16.2 Å². The number of anilines is 1. The first-order valence-electron chi connectivity index (χ1n) is 6.19. The minimum atomic E-state index is -0.760. The molecule has 2 heterocycles. The van der Waals surface area contributed by atoms with Gasteiger partial charge < -0.3 is 10.5 Å². The average Bonchev–Trinajstić information content (AvgIpc) is 2.86. The van der Waals surface area contributed by atoms with E-state index in [1.54, 1.807) is 5.38 Å². The maximum Gasteiger partial charge on any atom is 0.404 e. The van der Waals surface area contributed by atoms with Crippen LogP contribution in [0.3, 0.4) is 0 Å². The van der Waals surface area contributed by atoms with Crippen molar-refractivity contribution in [1.29, 1.82) is 0 Å². The Balaban J connectivity index is 1.62. The van der Waals surface area contributed by atoms with Crippen molar-refractivity contribution >= 4 is 39.8 Å². The normalized spacial score (nSPS) is 20.0. The third-order valence-corrected chi connectivity index (χ3v) is 4.81. The molecule has 1 fully saturated rings. The first-order chi connectivity index (χ1) is 10.0. The first-order valence-corrected chi connectivity index (χ1v) is 7.88. The van der Waals surface area contributed by atoms with Crippen molar-refractivity contribution in [2.24, 2.45) is 5.73 Å². The number of aryl methyl sites for hydroxylation is 1. The van der Waals surface area contributed by atoms with Crippen molar-refractivity contribution in [3.63, 3.8) is 0 Å². The van der Waals surface area contributed by atoms with Crippen molar-refractivity contribution in [2.45, 2.75) is 25.4 Å². The fourth-order valence-corrected chi connectivity index (χ4v) is 3.58. The van der Waals surface area contributed by atoms with E-state index in [0.717, 1.165) is 16.3 Å². The van der Waals surface area contributed by atoms with E-state index in [4.69, 9.17) is 10.5 Å². The van der Waals surface area contributed by atoms with Crippen molar-refractivity contribution in [1.82, 2.24) is 10.2 Å². The molecule has 9 heteroatoms. The molecule has 0 saturated heterocycles. The number of carbonyl (C=O) groups is 2. The van der Waals surface area contributed by atoms with Crippen LogP contribution in [0.25, 0.3) is 0 Å². The Kier molecular flexibility index (Phi) is 3.60. The molecule has 21 heavy (non-hydrogen) atoms. The maximum atomic E-state index is 12.1. The molecule has 2 aromatic rings. The van der Waals surface area contributed by atoms with E-state index >= 15 is 0 Å². The molecule has 0 aliphatic heterocycles. The quantitative estimate of drug-likeness (QED) is 0.895. The molecule has 0 radical (unpaired) electrons. The van der Waals surface area contributed by atoms with E-state index in [1.165, 1.54) is 22.7 Å². The largest absolute Gasteiger partial charge is 0.446 e. The molecule has 1 saturated carbocycles. The number of primary amides is 1. The maximum absolute atomic E-state index is 12.1. The second kappa shape index (κ2) is 5.41. The Labute approximate surface area is 128 Å². The van der Waals surface area contributed by atoms with Crippen molar-refractivity contribution < 1.29 is 14.3 Å². The number of rotatable bonds is 4. The number of hydrogen-bond donors (Lipinski definition) is 2. The number of hydrogen-bond acceptors (Lipinski definition) is 7. The van der Waals surface area contributed by atoms with Crippen LogP contribution >= 0.6 is 22.7 Å². The zero-order valence-corrected chi connectivity index (χ0v) is 12.7. The van der Waals surface area contributed by atoms with Crippen LogP contribution in [0.5, 0.6) is 0 Å². The molecule has 0 bridgehead atoms. The van der Waals surface area contributed by atoms with Crippen LogP contribution in [0, 0.1) is 6.92 Å². The number of aromatic nitrogens is 2. The topological polar surface area (TPSA) is 107 Å². The molecule has 1 aliphatic carbocycles. The summed E-state index contributed by atoms with van der Waals surface area (Å²) in [6, 6.07) is 1.81. The van der Waals surface area contributed by atoms with Crippen LogP contribution in [-0.4, -0.2) is 28.3 Å². The smallest absolute Gasteiger partial charge is 0.404 e. The molecule has 3 rings (SSSR count). The van der Waals surface area contributed by atoms with E-state index in [1.807, 2.05) is 13.0 Å². The fourth-order valence-electron chi connectivity index (χ4n) is 1.93. The minimum Gasteiger partial charge on any atom is -0.446 e. The van der Waals surface area contributed by atoms with Crippen molar-refractivity contribution in [3.8, 4) is 0 Å². The van der Waals surface area contributed by atoms with Gasteiger partial charge in [0.05, 0.1) is 5.56 Å². The van der Waals surface area contributed by atoms with Gasteiger partial charge in [0.15, 0.2) is 0 Å². The van der Waals surface area contributed by atoms with Gasteiger partial charge in [-0.3, -0.25) is 10.1 Å². The van der Waals surface area contributed by atoms with E-state index < -0.39 is 6.09 Å².